The van der Waals surface area contributed by atoms with Gasteiger partial charge in [-0.05, 0) is 12.8 Å². The molecule has 0 saturated carbocycles. The van der Waals surface area contributed by atoms with Crippen molar-refractivity contribution in [1.29, 1.82) is 0 Å². The standard InChI is InChI=1S/C10H20N6O4/c17-9-7(15(19)13-11-9)5-3-1-2-4-6-8-10(18)12-14-16(8)20/h7-8,13-16H,1-6H2,(H,11,17)(H,12,18). The van der Waals surface area contributed by atoms with E-state index in [1.165, 1.54) is 0 Å². The molecule has 20 heavy (non-hydrogen) atoms. The monoisotopic (exact) mass is 288 g/mol. The minimum atomic E-state index is -0.582. The van der Waals surface area contributed by atoms with Crippen molar-refractivity contribution in [2.75, 3.05) is 0 Å². The van der Waals surface area contributed by atoms with Gasteiger partial charge in [-0.3, -0.25) is 19.9 Å². The van der Waals surface area contributed by atoms with E-state index in [4.69, 9.17) is 0 Å². The zero-order valence-electron chi connectivity index (χ0n) is 11.0. The van der Waals surface area contributed by atoms with Crippen LogP contribution >= 0.6 is 0 Å². The molecule has 0 aromatic carbocycles. The molecule has 2 heterocycles. The van der Waals surface area contributed by atoms with Crippen molar-refractivity contribution in [3.63, 3.8) is 0 Å². The van der Waals surface area contributed by atoms with E-state index in [1.54, 1.807) is 0 Å². The lowest BCUT2D eigenvalue weighted by Crippen LogP contribution is -3.15. The lowest BCUT2D eigenvalue weighted by Gasteiger charge is -2.19. The topological polar surface area (TPSA) is 137 Å². The summed E-state index contributed by atoms with van der Waals surface area (Å²) in [6.07, 6.45) is 4.34. The normalized spacial score (nSPS) is 33.3. The lowest BCUT2D eigenvalue weighted by atomic mass is 10.0. The maximum absolute atomic E-state index is 11.3. The molecule has 0 bridgehead atoms. The van der Waals surface area contributed by atoms with Crippen LogP contribution in [0.3, 0.4) is 0 Å². The molecule has 0 radical (unpaired) electrons. The quantitative estimate of drug-likeness (QED) is 0.208. The minimum absolute atomic E-state index is 0.269. The number of hydrogen-bond donors (Lipinski definition) is 6. The summed E-state index contributed by atoms with van der Waals surface area (Å²) in [6, 6.07) is -1.16. The minimum Gasteiger partial charge on any atom is -0.611 e. The average molecular weight is 288 g/mol. The molecule has 6 N–H and O–H groups in total. The maximum Gasteiger partial charge on any atom is 0.298 e. The molecule has 2 rings (SSSR count). The Hall–Kier alpha value is -1.30. The zero-order chi connectivity index (χ0) is 14.5. The largest absolute Gasteiger partial charge is 0.611 e. The third kappa shape index (κ3) is 3.62. The van der Waals surface area contributed by atoms with Crippen LogP contribution in [0, 0.1) is 10.4 Å². The first-order valence-corrected chi connectivity index (χ1v) is 6.79. The molecule has 4 atom stereocenters. The van der Waals surface area contributed by atoms with Gasteiger partial charge in [0.2, 0.25) is 0 Å². The molecule has 4 unspecified atom stereocenters. The first-order valence-electron chi connectivity index (χ1n) is 6.79. The Morgan fingerprint density at radius 1 is 0.800 bits per heavy atom. The van der Waals surface area contributed by atoms with Crippen LogP contribution in [0.25, 0.3) is 0 Å². The fourth-order valence-corrected chi connectivity index (χ4v) is 2.41. The van der Waals surface area contributed by atoms with Crippen LogP contribution in [0.4, 0.5) is 0 Å². The van der Waals surface area contributed by atoms with Gasteiger partial charge in [-0.25, -0.2) is 10.9 Å². The second-order valence-electron chi connectivity index (χ2n) is 5.05. The number of rotatable bonds is 7. The Morgan fingerprint density at radius 3 is 1.50 bits per heavy atom. The van der Waals surface area contributed by atoms with Crippen LogP contribution in [-0.2, 0) is 9.59 Å². The fourth-order valence-electron chi connectivity index (χ4n) is 2.41. The number of unbranched alkanes of at least 4 members (excludes halogenated alkanes) is 3. The average Bonchev–Trinajstić information content (AvgIpc) is 2.90. The Morgan fingerprint density at radius 2 is 1.20 bits per heavy atom. The number of carbonyl (C=O) groups excluding carboxylic acids is 2. The molecule has 0 aliphatic carbocycles. The molecule has 0 aromatic rings. The van der Waals surface area contributed by atoms with E-state index in [1.807, 2.05) is 0 Å². The van der Waals surface area contributed by atoms with E-state index in [9.17, 15) is 20.0 Å². The second kappa shape index (κ2) is 6.92. The SMILES string of the molecule is O=C1NN[NH+]([O-])C1CCCCCCC1C(=O)NN[NH+]1[O-]. The van der Waals surface area contributed by atoms with Gasteiger partial charge in [0, 0.05) is 12.8 Å². The number of hydroxylamine groups is 2. The molecule has 2 aliphatic heterocycles. The van der Waals surface area contributed by atoms with Crippen LogP contribution in [-0.4, -0.2) is 23.9 Å². The first-order chi connectivity index (χ1) is 9.59. The van der Waals surface area contributed by atoms with Crippen molar-refractivity contribution in [2.24, 2.45) is 0 Å². The highest BCUT2D eigenvalue weighted by atomic mass is 16.6. The molecule has 2 saturated heterocycles. The van der Waals surface area contributed by atoms with E-state index < -0.39 is 12.1 Å². The zero-order valence-corrected chi connectivity index (χ0v) is 11.0. The third-order valence-electron chi connectivity index (χ3n) is 3.62. The predicted octanol–water partition coefficient (Wildman–Crippen LogP) is -4.07. The molecule has 10 nitrogen and oxygen atoms in total. The Labute approximate surface area is 115 Å². The van der Waals surface area contributed by atoms with Gasteiger partial charge in [0.05, 0.1) is 0 Å². The van der Waals surface area contributed by atoms with Gasteiger partial charge in [-0.2, -0.15) is 0 Å². The maximum atomic E-state index is 11.3. The van der Waals surface area contributed by atoms with Gasteiger partial charge >= 0.3 is 0 Å². The van der Waals surface area contributed by atoms with Crippen LogP contribution in [0.1, 0.15) is 38.5 Å². The van der Waals surface area contributed by atoms with Gasteiger partial charge in [0.25, 0.3) is 11.8 Å². The highest BCUT2D eigenvalue weighted by Crippen LogP contribution is 2.08. The highest BCUT2D eigenvalue weighted by Gasteiger charge is 2.32. The summed E-state index contributed by atoms with van der Waals surface area (Å²) in [5, 5.41) is 22.0. The lowest BCUT2D eigenvalue weighted by molar-refractivity contribution is -0.906. The number of nitrogens with one attached hydrogen (secondary N) is 6. The first kappa shape index (κ1) is 15.1. The number of quaternary nitrogens is 2. The summed E-state index contributed by atoms with van der Waals surface area (Å²) < 4.78 is 0. The Bertz CT molecular complexity index is 334. The molecular formula is C10H20N6O4. The van der Waals surface area contributed by atoms with Crippen LogP contribution in [0.2, 0.25) is 0 Å². The molecule has 2 amide bonds. The Kier molecular flexibility index (Phi) is 5.23. The number of amides is 2. The van der Waals surface area contributed by atoms with E-state index in [2.05, 4.69) is 21.9 Å². The molecule has 114 valence electrons. The Balaban J connectivity index is 1.54. The van der Waals surface area contributed by atoms with Gasteiger partial charge < -0.3 is 10.4 Å². The molecule has 2 aliphatic rings. The van der Waals surface area contributed by atoms with E-state index in [0.29, 0.717) is 12.8 Å². The van der Waals surface area contributed by atoms with Gasteiger partial charge in [0.1, 0.15) is 0 Å². The highest BCUT2D eigenvalue weighted by molar-refractivity contribution is 5.81. The summed E-state index contributed by atoms with van der Waals surface area (Å²) in [4.78, 5) is 22.5. The van der Waals surface area contributed by atoms with Crippen LogP contribution in [0.5, 0.6) is 0 Å². The van der Waals surface area contributed by atoms with Crippen molar-refractivity contribution >= 4 is 11.8 Å². The molecule has 2 fully saturated rings. The summed E-state index contributed by atoms with van der Waals surface area (Å²) in [5.74, 6) is -0.538. The number of carbonyl (C=O) groups is 2. The van der Waals surface area contributed by atoms with Crippen molar-refractivity contribution < 1.29 is 19.9 Å². The van der Waals surface area contributed by atoms with Crippen molar-refractivity contribution in [3.8, 4) is 0 Å². The molecule has 10 heteroatoms. The number of hydrogen-bond acceptors (Lipinski definition) is 6. The second-order valence-corrected chi connectivity index (χ2v) is 5.05. The smallest absolute Gasteiger partial charge is 0.298 e. The van der Waals surface area contributed by atoms with E-state index in [0.717, 1.165) is 25.7 Å². The van der Waals surface area contributed by atoms with Crippen LogP contribution in [0.15, 0.2) is 0 Å². The summed E-state index contributed by atoms with van der Waals surface area (Å²) in [7, 11) is 0. The third-order valence-corrected chi connectivity index (χ3v) is 3.62. The van der Waals surface area contributed by atoms with E-state index >= 15 is 0 Å². The summed E-state index contributed by atoms with van der Waals surface area (Å²) >= 11 is 0. The molecule has 0 aromatic heterocycles. The van der Waals surface area contributed by atoms with Gasteiger partial charge in [0.15, 0.2) is 12.1 Å². The van der Waals surface area contributed by atoms with Gasteiger partial charge in [-0.1, -0.05) is 23.9 Å². The van der Waals surface area contributed by atoms with Crippen molar-refractivity contribution in [3.05, 3.63) is 10.4 Å². The molecular weight excluding hydrogens is 268 g/mol. The molecule has 0 spiro atoms. The van der Waals surface area contributed by atoms with E-state index in [-0.39, 0.29) is 22.2 Å². The summed E-state index contributed by atoms with van der Waals surface area (Å²) in [6.45, 7) is 0. The van der Waals surface area contributed by atoms with Crippen molar-refractivity contribution in [1.82, 2.24) is 21.9 Å². The number of hydrazine groups is 2. The fraction of sp³-hybridized carbons (Fsp3) is 0.800. The summed E-state index contributed by atoms with van der Waals surface area (Å²) in [5.41, 5.74) is 9.16. The van der Waals surface area contributed by atoms with Crippen molar-refractivity contribution in [2.45, 2.75) is 50.6 Å². The van der Waals surface area contributed by atoms with Gasteiger partial charge in [-0.15, -0.1) is 0 Å². The predicted molar refractivity (Wildman–Crippen MR) is 66.5 cm³/mol. The van der Waals surface area contributed by atoms with Crippen LogP contribution < -0.4 is 32.3 Å².